The van der Waals surface area contributed by atoms with E-state index >= 15 is 0 Å². The highest BCUT2D eigenvalue weighted by molar-refractivity contribution is 7.91. The minimum absolute atomic E-state index is 0.0350. The fourth-order valence-corrected chi connectivity index (χ4v) is 9.56. The number of fused-ring (bicyclic) bond motifs is 1. The molecule has 0 radical (unpaired) electrons. The van der Waals surface area contributed by atoms with Crippen LogP contribution >= 0.6 is 0 Å². The second-order valence-corrected chi connectivity index (χ2v) is 15.8. The zero-order valence-electron chi connectivity index (χ0n) is 26.7. The minimum Gasteiger partial charge on any atom is -0.374 e. The molecule has 1 aromatic rings. The topological polar surface area (TPSA) is 61.8 Å². The molecule has 232 valence electrons. The number of benzene rings is 1. The number of ether oxygens (including phenoxy) is 3. The van der Waals surface area contributed by atoms with Gasteiger partial charge in [0.25, 0.3) is 0 Å². The Morgan fingerprint density at radius 2 is 1.66 bits per heavy atom. The van der Waals surface area contributed by atoms with Gasteiger partial charge in [0, 0.05) is 12.3 Å². The van der Waals surface area contributed by atoms with Gasteiger partial charge in [-0.1, -0.05) is 78.3 Å². The molecule has 3 aliphatic heterocycles. The van der Waals surface area contributed by atoms with Gasteiger partial charge >= 0.3 is 0 Å². The van der Waals surface area contributed by atoms with Crippen LogP contribution in [0.25, 0.3) is 0 Å². The van der Waals surface area contributed by atoms with Crippen LogP contribution in [0.2, 0.25) is 0 Å². The second-order valence-electron chi connectivity index (χ2n) is 13.8. The maximum atomic E-state index is 13.5. The summed E-state index contributed by atoms with van der Waals surface area (Å²) < 4.78 is 46.6. The first-order chi connectivity index (χ1) is 19.4. The van der Waals surface area contributed by atoms with E-state index < -0.39 is 9.84 Å². The first-order valence-electron chi connectivity index (χ1n) is 16.3. The van der Waals surface area contributed by atoms with Crippen molar-refractivity contribution < 1.29 is 22.6 Å². The first-order valence-corrected chi connectivity index (χ1v) is 18.0. The lowest BCUT2D eigenvalue weighted by atomic mass is 9.79. The van der Waals surface area contributed by atoms with Gasteiger partial charge in [-0.05, 0) is 81.3 Å². The molecule has 0 amide bonds. The van der Waals surface area contributed by atoms with E-state index in [1.54, 1.807) is 24.3 Å². The molecule has 0 spiro atoms. The molecule has 0 aliphatic carbocycles. The van der Waals surface area contributed by atoms with Crippen LogP contribution < -0.4 is 0 Å². The smallest absolute Gasteiger partial charge is 0.178 e. The second kappa shape index (κ2) is 13.6. The van der Waals surface area contributed by atoms with Crippen LogP contribution in [0.5, 0.6) is 0 Å². The molecular formula is C35H56O5S. The average Bonchev–Trinajstić information content (AvgIpc) is 3.43. The summed E-state index contributed by atoms with van der Waals surface area (Å²) in [5, 5.41) is 0. The molecule has 0 aromatic heterocycles. The van der Waals surface area contributed by atoms with Crippen LogP contribution in [-0.2, 0) is 24.0 Å². The van der Waals surface area contributed by atoms with Crippen LogP contribution in [0.3, 0.4) is 0 Å². The lowest BCUT2D eigenvalue weighted by Gasteiger charge is -2.42. The lowest BCUT2D eigenvalue weighted by molar-refractivity contribution is -0.170. The number of rotatable bonds is 13. The van der Waals surface area contributed by atoms with Crippen molar-refractivity contribution in [1.29, 1.82) is 0 Å². The lowest BCUT2D eigenvalue weighted by Crippen LogP contribution is -2.48. The first kappa shape index (κ1) is 32.7. The van der Waals surface area contributed by atoms with Crippen LogP contribution in [0, 0.1) is 29.6 Å². The highest BCUT2D eigenvalue weighted by atomic mass is 32.2. The molecule has 4 rings (SSSR count). The Balaban J connectivity index is 1.42. The number of hydrogen-bond acceptors (Lipinski definition) is 5. The van der Waals surface area contributed by atoms with Gasteiger partial charge < -0.3 is 14.2 Å². The van der Waals surface area contributed by atoms with Crippen molar-refractivity contribution in [3.05, 3.63) is 42.5 Å². The molecule has 3 heterocycles. The van der Waals surface area contributed by atoms with Crippen molar-refractivity contribution in [2.75, 3.05) is 5.75 Å². The average molecular weight is 589 g/mol. The largest absolute Gasteiger partial charge is 0.374 e. The van der Waals surface area contributed by atoms with E-state index in [0.29, 0.717) is 16.7 Å². The fraction of sp³-hybridized carbons (Fsp3) is 0.771. The van der Waals surface area contributed by atoms with E-state index in [1.165, 1.54) is 5.57 Å². The molecule has 41 heavy (non-hydrogen) atoms. The summed E-state index contributed by atoms with van der Waals surface area (Å²) in [6.07, 6.45) is 8.65. The van der Waals surface area contributed by atoms with E-state index in [2.05, 4.69) is 55.0 Å². The molecule has 1 aromatic carbocycles. The molecule has 5 nitrogen and oxygen atoms in total. The van der Waals surface area contributed by atoms with Crippen LogP contribution in [0.1, 0.15) is 99.8 Å². The third kappa shape index (κ3) is 7.48. The predicted octanol–water partition coefficient (Wildman–Crippen LogP) is 8.03. The molecule has 2 unspecified atom stereocenters. The van der Waals surface area contributed by atoms with E-state index in [4.69, 9.17) is 14.2 Å². The minimum atomic E-state index is -3.41. The number of hydrogen-bond donors (Lipinski definition) is 0. The van der Waals surface area contributed by atoms with Gasteiger partial charge in [-0.3, -0.25) is 0 Å². The highest BCUT2D eigenvalue weighted by Gasteiger charge is 2.51. The van der Waals surface area contributed by atoms with Crippen molar-refractivity contribution >= 4 is 9.84 Å². The number of allylic oxidation sites excluding steroid dienone is 1. The van der Waals surface area contributed by atoms with E-state index in [0.717, 1.165) is 51.4 Å². The van der Waals surface area contributed by atoms with Gasteiger partial charge in [0.15, 0.2) is 9.84 Å². The summed E-state index contributed by atoms with van der Waals surface area (Å²) in [5.74, 6) is 1.39. The summed E-state index contributed by atoms with van der Waals surface area (Å²) in [7, 11) is -3.41. The summed E-state index contributed by atoms with van der Waals surface area (Å²) in [5.41, 5.74) is 1.09. The predicted molar refractivity (Wildman–Crippen MR) is 167 cm³/mol. The third-order valence-electron chi connectivity index (χ3n) is 10.8. The Labute approximate surface area is 250 Å². The van der Waals surface area contributed by atoms with Crippen molar-refractivity contribution in [2.45, 2.75) is 141 Å². The van der Waals surface area contributed by atoms with Gasteiger partial charge in [0.1, 0.15) is 0 Å². The van der Waals surface area contributed by atoms with Gasteiger partial charge in [-0.2, -0.15) is 0 Å². The Morgan fingerprint density at radius 3 is 2.32 bits per heavy atom. The monoisotopic (exact) mass is 588 g/mol. The quantitative estimate of drug-likeness (QED) is 0.218. The number of sulfone groups is 1. The standard InChI is InChI=1S/C35H56O5S/c1-9-23(3)18-32-28(8)31(22-41(36,37)30-14-12-11-13-15-30)33(39-32)20-25(5)27(7)24(4)19-29-16-17-34-35(10-2,40-29)21-26(6)38-34/h11-15,23-26,28-29,31-34H,7,9-10,16-22H2,1-6,8H3/t23-,24-,25-,26+,28-,29?,31-,32?,33+,34+,35+/m1/s1. The molecular weight excluding hydrogens is 532 g/mol. The van der Waals surface area contributed by atoms with Gasteiger partial charge in [-0.15, -0.1) is 0 Å². The van der Waals surface area contributed by atoms with Crippen molar-refractivity contribution in [1.82, 2.24) is 0 Å². The summed E-state index contributed by atoms with van der Waals surface area (Å²) in [6.45, 7) is 20.2. The summed E-state index contributed by atoms with van der Waals surface area (Å²) >= 11 is 0. The maximum Gasteiger partial charge on any atom is 0.178 e. The molecule has 3 aliphatic rings. The van der Waals surface area contributed by atoms with Gasteiger partial charge in [0.2, 0.25) is 0 Å². The fourth-order valence-electron chi connectivity index (χ4n) is 7.77. The summed E-state index contributed by atoms with van der Waals surface area (Å²) in [6, 6.07) is 8.89. The van der Waals surface area contributed by atoms with E-state index in [-0.39, 0.29) is 59.6 Å². The zero-order valence-corrected chi connectivity index (χ0v) is 27.5. The molecule has 3 fully saturated rings. The molecule has 0 bridgehead atoms. The third-order valence-corrected chi connectivity index (χ3v) is 12.6. The highest BCUT2D eigenvalue weighted by Crippen LogP contribution is 2.46. The molecule has 6 heteroatoms. The van der Waals surface area contributed by atoms with Crippen molar-refractivity contribution in [3.8, 4) is 0 Å². The van der Waals surface area contributed by atoms with Crippen molar-refractivity contribution in [2.24, 2.45) is 29.6 Å². The zero-order chi connectivity index (χ0) is 29.9. The molecule has 0 saturated carbocycles. The molecule has 3 saturated heterocycles. The normalized spacial score (nSPS) is 36.0. The Bertz CT molecular complexity index is 1100. The Morgan fingerprint density at radius 1 is 0.976 bits per heavy atom. The molecule has 0 N–H and O–H groups in total. The van der Waals surface area contributed by atoms with Gasteiger partial charge in [-0.25, -0.2) is 8.42 Å². The SMILES string of the molecule is C=C([C@H](C)CC1CC[C@@H]2O[C@@H](C)C[C@]2(CC)O1)[C@H](C)C[C@@H]1OC(C[C@H](C)CC)[C@H](C)[C@H]1CS(=O)(=O)c1ccccc1. The van der Waals surface area contributed by atoms with E-state index in [9.17, 15) is 8.42 Å². The Kier molecular flexibility index (Phi) is 10.9. The summed E-state index contributed by atoms with van der Waals surface area (Å²) in [4.78, 5) is 0.407. The van der Waals surface area contributed by atoms with Crippen LogP contribution in [0.4, 0.5) is 0 Å². The van der Waals surface area contributed by atoms with Crippen LogP contribution in [-0.4, -0.2) is 50.3 Å². The van der Waals surface area contributed by atoms with Crippen molar-refractivity contribution in [3.63, 3.8) is 0 Å². The van der Waals surface area contributed by atoms with E-state index in [1.807, 2.05) is 6.07 Å². The Hall–Kier alpha value is -1.21. The van der Waals surface area contributed by atoms with Gasteiger partial charge in [0.05, 0.1) is 46.8 Å². The molecule has 11 atom stereocenters. The maximum absolute atomic E-state index is 13.5. The van der Waals surface area contributed by atoms with Crippen LogP contribution in [0.15, 0.2) is 47.4 Å².